The first kappa shape index (κ1) is 29.0. The molecule has 0 radical (unpaired) electrons. The van der Waals surface area contributed by atoms with Crippen molar-refractivity contribution in [2.75, 3.05) is 40.4 Å². The molecule has 0 saturated carbocycles. The van der Waals surface area contributed by atoms with Crippen LogP contribution in [0.1, 0.15) is 33.5 Å². The maximum absolute atomic E-state index is 14.6. The predicted octanol–water partition coefficient (Wildman–Crippen LogP) is 1.42. The van der Waals surface area contributed by atoms with E-state index in [1.807, 2.05) is 0 Å². The molecule has 5 rings (SSSR count). The largest absolute Gasteiger partial charge is 0.510 e. The van der Waals surface area contributed by atoms with Crippen LogP contribution >= 0.6 is 0 Å². The quantitative estimate of drug-likeness (QED) is 0.307. The molecule has 14 heteroatoms. The van der Waals surface area contributed by atoms with E-state index in [4.69, 9.17) is 15.9 Å². The van der Waals surface area contributed by atoms with Crippen LogP contribution in [-0.2, 0) is 28.7 Å². The van der Waals surface area contributed by atoms with Gasteiger partial charge in [-0.15, -0.1) is 0 Å². The Hall–Kier alpha value is -3.46. The number of aliphatic hydroxyl groups excluding tert-OH is 2. The highest BCUT2D eigenvalue weighted by atomic mass is 19.4. The van der Waals surface area contributed by atoms with E-state index in [1.54, 1.807) is 4.90 Å². The van der Waals surface area contributed by atoms with Gasteiger partial charge in [0.1, 0.15) is 22.8 Å². The van der Waals surface area contributed by atoms with Crippen molar-refractivity contribution in [3.8, 4) is 5.75 Å². The van der Waals surface area contributed by atoms with Gasteiger partial charge in [0.2, 0.25) is 0 Å². The number of primary amides is 1. The fourth-order valence-electron chi connectivity index (χ4n) is 6.92. The number of carbonyl (C=O) groups excluding carboxylic acids is 2. The topological polar surface area (TPSA) is 181 Å². The molecule has 1 saturated heterocycles. The molecule has 1 aromatic carbocycles. The number of halogens is 3. The van der Waals surface area contributed by atoms with Gasteiger partial charge in [-0.3, -0.25) is 19.4 Å². The summed E-state index contributed by atoms with van der Waals surface area (Å²) in [6, 6.07) is -0.260. The van der Waals surface area contributed by atoms with Gasteiger partial charge in [0.05, 0.1) is 36.1 Å². The third-order valence-corrected chi connectivity index (χ3v) is 8.65. The van der Waals surface area contributed by atoms with E-state index in [0.717, 1.165) is 6.07 Å². The van der Waals surface area contributed by atoms with Crippen molar-refractivity contribution in [2.45, 2.75) is 37.2 Å². The van der Waals surface area contributed by atoms with Crippen LogP contribution in [0.25, 0.3) is 0 Å². The number of ketones is 1. The van der Waals surface area contributed by atoms with Gasteiger partial charge in [0.25, 0.3) is 5.91 Å². The zero-order valence-corrected chi connectivity index (χ0v) is 22.4. The highest BCUT2D eigenvalue weighted by molar-refractivity contribution is 6.26. The van der Waals surface area contributed by atoms with Crippen molar-refractivity contribution in [3.63, 3.8) is 0 Å². The third kappa shape index (κ3) is 4.31. The first-order chi connectivity index (χ1) is 19.1. The van der Waals surface area contributed by atoms with Crippen LogP contribution < -0.4 is 5.73 Å². The van der Waals surface area contributed by atoms with Gasteiger partial charge < -0.3 is 36.3 Å². The number of carbonyl (C=O) groups is 2. The van der Waals surface area contributed by atoms with Crippen molar-refractivity contribution in [3.05, 3.63) is 51.0 Å². The normalized spacial score (nSPS) is 29.0. The first-order valence-electron chi connectivity index (χ1n) is 13.0. The van der Waals surface area contributed by atoms with E-state index < -0.39 is 98.6 Å². The van der Waals surface area contributed by atoms with E-state index in [0.29, 0.717) is 26.3 Å². The lowest BCUT2D eigenvalue weighted by Crippen LogP contribution is -2.63. The van der Waals surface area contributed by atoms with Crippen LogP contribution in [0, 0.1) is 17.2 Å². The Bertz CT molecular complexity index is 1410. The van der Waals surface area contributed by atoms with Crippen LogP contribution in [0.5, 0.6) is 5.75 Å². The molecule has 1 amide bonds. The highest BCUT2D eigenvalue weighted by Crippen LogP contribution is 2.54. The number of aromatic hydroxyl groups is 1. The van der Waals surface area contributed by atoms with Crippen LogP contribution in [0.4, 0.5) is 13.2 Å². The maximum Gasteiger partial charge on any atom is 0.417 e. The van der Waals surface area contributed by atoms with Gasteiger partial charge in [0.15, 0.2) is 11.4 Å². The molecule has 1 fully saturated rings. The lowest BCUT2D eigenvalue weighted by Gasteiger charge is -2.51. The number of nitrogens with two attached hydrogens (primary N) is 1. The minimum atomic E-state index is -4.88. The smallest absolute Gasteiger partial charge is 0.417 e. The van der Waals surface area contributed by atoms with Gasteiger partial charge >= 0.3 is 6.18 Å². The van der Waals surface area contributed by atoms with Crippen LogP contribution in [0.3, 0.4) is 0 Å². The first-order valence-corrected chi connectivity index (χ1v) is 13.0. The maximum atomic E-state index is 14.6. The Morgan fingerprint density at radius 3 is 2.44 bits per heavy atom. The number of amides is 1. The molecule has 1 heterocycles. The second-order valence-corrected chi connectivity index (χ2v) is 11.2. The standard InChI is InChI=1S/C27H31F3N4O7/c1-33(2)20-14-8-11-7-13-17(15(35)9-12(19(13)27(28,29)30)10-34-3-5-41-6-4-34)21(36)16(11)24(38)26(14,40)23(31)18(22(20)37)25(32)39/h9,11,14,20,31,35,37-38,40H,3-8,10H2,1-2H3,(H2,32,39)/t11-,14-,20-,26+/m0/s1. The molecule has 1 aliphatic heterocycles. The summed E-state index contributed by atoms with van der Waals surface area (Å²) in [5.74, 6) is -6.98. The third-order valence-electron chi connectivity index (χ3n) is 8.65. The number of fused-ring (bicyclic) bond motifs is 3. The number of allylic oxidation sites excluding steroid dienone is 1. The molecular formula is C27H31F3N4O7. The number of rotatable bonds is 4. The number of morpholine rings is 1. The molecule has 0 spiro atoms. The number of hydrogen-bond acceptors (Lipinski definition) is 10. The second kappa shape index (κ2) is 9.82. The summed E-state index contributed by atoms with van der Waals surface area (Å²) in [5.41, 5.74) is -1.67. The van der Waals surface area contributed by atoms with Gasteiger partial charge in [-0.05, 0) is 50.0 Å². The molecule has 3 aliphatic carbocycles. The summed E-state index contributed by atoms with van der Waals surface area (Å²) >= 11 is 0. The summed E-state index contributed by atoms with van der Waals surface area (Å²) in [6.45, 7) is 1.33. The number of Topliss-reactive ketones (excluding diaryl/α,β-unsaturated/α-hetero) is 1. The van der Waals surface area contributed by atoms with Gasteiger partial charge in [0, 0.05) is 31.1 Å². The number of aliphatic hydroxyl groups is 3. The van der Waals surface area contributed by atoms with E-state index in [2.05, 4.69) is 0 Å². The summed E-state index contributed by atoms with van der Waals surface area (Å²) in [7, 11) is 3.01. The fourth-order valence-corrected chi connectivity index (χ4v) is 6.92. The summed E-state index contributed by atoms with van der Waals surface area (Å²) in [5, 5.41) is 53.4. The van der Waals surface area contributed by atoms with E-state index in [1.165, 1.54) is 19.0 Å². The van der Waals surface area contributed by atoms with E-state index in [-0.39, 0.29) is 18.5 Å². The number of nitrogens with one attached hydrogen (secondary N) is 1. The molecule has 7 N–H and O–H groups in total. The van der Waals surface area contributed by atoms with Gasteiger partial charge in [-0.25, -0.2) is 0 Å². The number of ether oxygens (including phenoxy) is 1. The Kier molecular flexibility index (Phi) is 6.96. The van der Waals surface area contributed by atoms with Crippen molar-refractivity contribution in [1.29, 1.82) is 5.41 Å². The summed E-state index contributed by atoms with van der Waals surface area (Å²) in [6.07, 6.45) is -5.52. The van der Waals surface area contributed by atoms with E-state index >= 15 is 0 Å². The number of phenolic OH excluding ortho intramolecular Hbond substituents is 1. The van der Waals surface area contributed by atoms with Crippen molar-refractivity contribution in [2.24, 2.45) is 17.6 Å². The fraction of sp³-hybridized carbons (Fsp3) is 0.519. The number of likely N-dealkylation sites (N-methyl/N-ethyl adjacent to an activating group) is 1. The molecule has 1 aromatic rings. The van der Waals surface area contributed by atoms with E-state index in [9.17, 15) is 43.2 Å². The average Bonchev–Trinajstić information content (AvgIpc) is 2.85. The Morgan fingerprint density at radius 1 is 1.24 bits per heavy atom. The lowest BCUT2D eigenvalue weighted by atomic mass is 9.58. The van der Waals surface area contributed by atoms with Crippen molar-refractivity contribution in [1.82, 2.24) is 9.80 Å². The molecule has 11 nitrogen and oxygen atoms in total. The molecule has 0 unspecified atom stereocenters. The number of alkyl halides is 3. The predicted molar refractivity (Wildman–Crippen MR) is 137 cm³/mol. The zero-order valence-electron chi connectivity index (χ0n) is 22.4. The van der Waals surface area contributed by atoms with Crippen molar-refractivity contribution < 1.29 is 47.9 Å². The van der Waals surface area contributed by atoms with Crippen molar-refractivity contribution >= 4 is 17.4 Å². The lowest BCUT2D eigenvalue weighted by molar-refractivity contribution is -0.139. The van der Waals surface area contributed by atoms with Crippen LogP contribution in [-0.4, -0.2) is 99.7 Å². The summed E-state index contributed by atoms with van der Waals surface area (Å²) < 4.78 is 49.1. The Balaban J connectivity index is 1.69. The van der Waals surface area contributed by atoms with Gasteiger partial charge in [-0.1, -0.05) is 0 Å². The zero-order chi connectivity index (χ0) is 30.2. The number of nitrogens with zero attached hydrogens (tertiary/aromatic N) is 2. The highest BCUT2D eigenvalue weighted by Gasteiger charge is 2.61. The van der Waals surface area contributed by atoms with Gasteiger partial charge in [-0.2, -0.15) is 13.2 Å². The second-order valence-electron chi connectivity index (χ2n) is 11.2. The molecule has 4 atom stereocenters. The molecule has 0 bridgehead atoms. The monoisotopic (exact) mass is 580 g/mol. The Labute approximate surface area is 232 Å². The molecule has 4 aliphatic rings. The Morgan fingerprint density at radius 2 is 1.88 bits per heavy atom. The minimum Gasteiger partial charge on any atom is -0.510 e. The summed E-state index contributed by atoms with van der Waals surface area (Å²) in [4.78, 5) is 29.1. The van der Waals surface area contributed by atoms with Crippen LogP contribution in [0.15, 0.2) is 28.7 Å². The molecule has 0 aromatic heterocycles. The average molecular weight is 581 g/mol. The SMILES string of the molecule is CN(C)[C@@H]1C(O)=C(C(N)=O)C(=N)[C@@]2(O)C(O)=C3C(=O)c4c(O)cc(CN5CCOCC5)c(C(F)(F)F)c4C[C@H]3C[C@@H]12. The minimum absolute atomic E-state index is 0.136. The molecular weight excluding hydrogens is 549 g/mol. The number of phenols is 1. The molecule has 222 valence electrons. The van der Waals surface area contributed by atoms with Crippen LogP contribution in [0.2, 0.25) is 0 Å². The molecule has 41 heavy (non-hydrogen) atoms. The number of benzene rings is 1. The number of hydrogen-bond donors (Lipinski definition) is 6.